The fourth-order valence-corrected chi connectivity index (χ4v) is 2.01. The number of benzene rings is 2. The third kappa shape index (κ3) is 2.68. The molecule has 0 saturated carbocycles. The monoisotopic (exact) mass is 261 g/mol. The van der Waals surface area contributed by atoms with Crippen molar-refractivity contribution in [1.82, 2.24) is 0 Å². The molecule has 0 aromatic heterocycles. The van der Waals surface area contributed by atoms with Gasteiger partial charge in [0.25, 0.3) is 0 Å². The van der Waals surface area contributed by atoms with Gasteiger partial charge in [0.2, 0.25) is 0 Å². The van der Waals surface area contributed by atoms with Gasteiger partial charge in [0.05, 0.1) is 5.56 Å². The summed E-state index contributed by atoms with van der Waals surface area (Å²) in [5, 5.41) is 0.720. The van der Waals surface area contributed by atoms with Crippen LogP contribution in [0.1, 0.15) is 31.9 Å². The van der Waals surface area contributed by atoms with Crippen molar-refractivity contribution in [3.8, 4) is 12.3 Å². The first-order valence-electron chi connectivity index (χ1n) is 6.25. The predicted octanol–water partition coefficient (Wildman–Crippen LogP) is 4.27. The average molecular weight is 261 g/mol. The van der Waals surface area contributed by atoms with Crippen LogP contribution in [0.15, 0.2) is 18.2 Å². The first kappa shape index (κ1) is 15.0. The van der Waals surface area contributed by atoms with E-state index in [1.54, 1.807) is 6.07 Å². The highest BCUT2D eigenvalue weighted by atomic mass is 19.1. The van der Waals surface area contributed by atoms with Gasteiger partial charge in [-0.15, -0.1) is 6.42 Å². The smallest absolute Gasteiger partial charge is 0.142 e. The van der Waals surface area contributed by atoms with Gasteiger partial charge in [-0.25, -0.2) is 8.78 Å². The number of fused-ring (bicyclic) bond motifs is 1. The number of halogens is 2. The summed E-state index contributed by atoms with van der Waals surface area (Å²) in [6, 6.07) is 3.97. The van der Waals surface area contributed by atoms with E-state index in [0.29, 0.717) is 17.5 Å². The van der Waals surface area contributed by atoms with Crippen LogP contribution in [0.25, 0.3) is 10.8 Å². The number of rotatable bonds is 1. The lowest BCUT2D eigenvalue weighted by Crippen LogP contribution is -1.97. The molecule has 0 atom stereocenters. The lowest BCUT2D eigenvalue weighted by molar-refractivity contribution is 0.590. The van der Waals surface area contributed by atoms with Crippen molar-refractivity contribution in [2.24, 2.45) is 0 Å². The van der Waals surface area contributed by atoms with Crippen molar-refractivity contribution in [3.05, 3.63) is 41.0 Å². The fraction of sp³-hybridized carbons (Fsp3) is 0.250. The summed E-state index contributed by atoms with van der Waals surface area (Å²) in [4.78, 5) is 0. The minimum absolute atomic E-state index is 0.0956. The Morgan fingerprint density at radius 2 is 1.79 bits per heavy atom. The minimum Gasteiger partial charge on any atom is -0.399 e. The predicted molar refractivity (Wildman–Crippen MR) is 76.9 cm³/mol. The lowest BCUT2D eigenvalue weighted by Gasteiger charge is -2.10. The van der Waals surface area contributed by atoms with Gasteiger partial charge in [-0.2, -0.15) is 0 Å². The van der Waals surface area contributed by atoms with Crippen molar-refractivity contribution in [1.29, 1.82) is 0 Å². The average Bonchev–Trinajstić information content (AvgIpc) is 2.41. The molecule has 0 aliphatic heterocycles. The fourth-order valence-electron chi connectivity index (χ4n) is 2.01. The quantitative estimate of drug-likeness (QED) is 0.602. The molecule has 0 fully saturated rings. The van der Waals surface area contributed by atoms with Gasteiger partial charge in [-0.3, -0.25) is 0 Å². The maximum atomic E-state index is 13.7. The van der Waals surface area contributed by atoms with Gasteiger partial charge in [-0.05, 0) is 24.1 Å². The molecule has 0 saturated heterocycles. The van der Waals surface area contributed by atoms with E-state index in [1.165, 1.54) is 6.07 Å². The molecule has 3 heteroatoms. The van der Waals surface area contributed by atoms with Crippen LogP contribution >= 0.6 is 0 Å². The number of terminal acetylenes is 1. The third-order valence-corrected chi connectivity index (χ3v) is 2.77. The van der Waals surface area contributed by atoms with E-state index >= 15 is 0 Å². The highest BCUT2D eigenvalue weighted by Gasteiger charge is 2.14. The number of nitrogen functional groups attached to an aromatic ring is 1. The Labute approximate surface area is 112 Å². The highest BCUT2D eigenvalue weighted by Crippen LogP contribution is 2.30. The molecule has 0 heterocycles. The second-order valence-electron chi connectivity index (χ2n) is 3.82. The molecule has 19 heavy (non-hydrogen) atoms. The van der Waals surface area contributed by atoms with Crippen molar-refractivity contribution in [3.63, 3.8) is 0 Å². The number of anilines is 1. The van der Waals surface area contributed by atoms with E-state index in [1.807, 2.05) is 20.8 Å². The SMILES string of the molecule is C#Cc1c(F)cc(F)c2cc(N)cc(CC)c12.CC. The molecule has 0 spiro atoms. The van der Waals surface area contributed by atoms with Crippen molar-refractivity contribution in [2.45, 2.75) is 27.2 Å². The van der Waals surface area contributed by atoms with Crippen LogP contribution in [0.4, 0.5) is 14.5 Å². The van der Waals surface area contributed by atoms with E-state index in [9.17, 15) is 8.78 Å². The Morgan fingerprint density at radius 3 is 2.32 bits per heavy atom. The van der Waals surface area contributed by atoms with Crippen LogP contribution in [-0.4, -0.2) is 0 Å². The molecular formula is C16H17F2N. The Balaban J connectivity index is 0.000000861. The van der Waals surface area contributed by atoms with Crippen LogP contribution in [0.3, 0.4) is 0 Å². The summed E-state index contributed by atoms with van der Waals surface area (Å²) < 4.78 is 27.3. The summed E-state index contributed by atoms with van der Waals surface area (Å²) in [5.74, 6) is 0.926. The summed E-state index contributed by atoms with van der Waals surface area (Å²) in [7, 11) is 0. The molecular weight excluding hydrogens is 244 g/mol. The second-order valence-corrected chi connectivity index (χ2v) is 3.82. The Kier molecular flexibility index (Phi) is 4.88. The molecule has 100 valence electrons. The molecule has 0 aliphatic rings. The number of nitrogens with two attached hydrogens (primary N) is 1. The van der Waals surface area contributed by atoms with E-state index < -0.39 is 11.6 Å². The van der Waals surface area contributed by atoms with Crippen LogP contribution in [-0.2, 0) is 6.42 Å². The number of aryl methyl sites for hydroxylation is 1. The minimum atomic E-state index is -0.711. The second kappa shape index (κ2) is 6.19. The largest absolute Gasteiger partial charge is 0.399 e. The number of hydrogen-bond donors (Lipinski definition) is 1. The van der Waals surface area contributed by atoms with Crippen LogP contribution in [0, 0.1) is 24.0 Å². The molecule has 2 N–H and O–H groups in total. The first-order chi connectivity index (χ1) is 9.08. The molecule has 1 nitrogen and oxygen atoms in total. The van der Waals surface area contributed by atoms with Crippen molar-refractivity contribution < 1.29 is 8.78 Å². The van der Waals surface area contributed by atoms with Crippen LogP contribution in [0.2, 0.25) is 0 Å². The first-order valence-corrected chi connectivity index (χ1v) is 6.25. The summed E-state index contributed by atoms with van der Waals surface area (Å²) in [6.07, 6.45) is 5.89. The molecule has 0 amide bonds. The molecule has 2 aromatic carbocycles. The van der Waals surface area contributed by atoms with Gasteiger partial charge in [0, 0.05) is 22.5 Å². The van der Waals surface area contributed by atoms with E-state index in [0.717, 1.165) is 11.6 Å². The molecule has 2 rings (SSSR count). The van der Waals surface area contributed by atoms with E-state index in [-0.39, 0.29) is 10.9 Å². The zero-order valence-electron chi connectivity index (χ0n) is 11.3. The maximum absolute atomic E-state index is 13.7. The van der Waals surface area contributed by atoms with Gasteiger partial charge < -0.3 is 5.73 Å². The topological polar surface area (TPSA) is 26.0 Å². The van der Waals surface area contributed by atoms with Crippen LogP contribution in [0.5, 0.6) is 0 Å². The zero-order chi connectivity index (χ0) is 14.6. The number of hydrogen-bond acceptors (Lipinski definition) is 1. The Hall–Kier alpha value is -2.08. The Morgan fingerprint density at radius 1 is 1.16 bits per heavy atom. The third-order valence-electron chi connectivity index (χ3n) is 2.77. The van der Waals surface area contributed by atoms with Crippen LogP contribution < -0.4 is 5.73 Å². The Bertz CT molecular complexity index is 639. The van der Waals surface area contributed by atoms with Crippen molar-refractivity contribution in [2.75, 3.05) is 5.73 Å². The van der Waals surface area contributed by atoms with E-state index in [2.05, 4.69) is 5.92 Å². The summed E-state index contributed by atoms with van der Waals surface area (Å²) >= 11 is 0. The van der Waals surface area contributed by atoms with Gasteiger partial charge in [0.15, 0.2) is 0 Å². The van der Waals surface area contributed by atoms with Gasteiger partial charge >= 0.3 is 0 Å². The normalized spacial score (nSPS) is 9.68. The highest BCUT2D eigenvalue weighted by molar-refractivity contribution is 5.94. The molecule has 0 radical (unpaired) electrons. The summed E-state index contributed by atoms with van der Waals surface area (Å²) in [6.45, 7) is 5.89. The molecule has 0 unspecified atom stereocenters. The van der Waals surface area contributed by atoms with E-state index in [4.69, 9.17) is 12.2 Å². The van der Waals surface area contributed by atoms with Gasteiger partial charge in [-0.1, -0.05) is 26.7 Å². The molecule has 0 aliphatic carbocycles. The summed E-state index contributed by atoms with van der Waals surface area (Å²) in [5.41, 5.74) is 6.99. The maximum Gasteiger partial charge on any atom is 0.142 e. The molecule has 2 aromatic rings. The van der Waals surface area contributed by atoms with Gasteiger partial charge in [0.1, 0.15) is 11.6 Å². The molecule has 0 bridgehead atoms. The standard InChI is InChI=1S/C14H11F2N.C2H6/c1-3-8-5-9(17)6-11-13(16)7-12(15)10(4-2)14(8)11;1-2/h2,5-7H,3,17H2,1H3;1-2H3. The lowest BCUT2D eigenvalue weighted by atomic mass is 9.96. The zero-order valence-corrected chi connectivity index (χ0v) is 11.3. The van der Waals surface area contributed by atoms with Crippen molar-refractivity contribution >= 4 is 16.5 Å².